The molecule has 2 aromatic carbocycles. The Hall–Kier alpha value is -3.47. The van der Waals surface area contributed by atoms with Crippen molar-refractivity contribution in [1.82, 2.24) is 20.0 Å². The maximum Gasteiger partial charge on any atom is 0.144 e. The van der Waals surface area contributed by atoms with Crippen molar-refractivity contribution < 1.29 is 4.42 Å². The molecule has 0 N–H and O–H groups in total. The van der Waals surface area contributed by atoms with Crippen LogP contribution in [0.25, 0.3) is 33.2 Å². The van der Waals surface area contributed by atoms with Crippen molar-refractivity contribution in [1.29, 1.82) is 0 Å². The van der Waals surface area contributed by atoms with Gasteiger partial charge in [-0.2, -0.15) is 0 Å². The number of hydrogen-bond acceptors (Lipinski definition) is 4. The predicted octanol–water partition coefficient (Wildman–Crippen LogP) is 4.29. The van der Waals surface area contributed by atoms with Crippen LogP contribution in [0.1, 0.15) is 5.69 Å². The van der Waals surface area contributed by atoms with Crippen LogP contribution in [0.4, 0.5) is 0 Å². The average molecular weight is 326 g/mol. The van der Waals surface area contributed by atoms with Crippen LogP contribution in [0, 0.1) is 0 Å². The number of para-hydroxylation sites is 2. The molecule has 0 unspecified atom stereocenters. The molecular formula is C20H14N4O. The Morgan fingerprint density at radius 2 is 1.76 bits per heavy atom. The summed E-state index contributed by atoms with van der Waals surface area (Å²) in [6, 6.07) is 20.0. The second kappa shape index (κ2) is 5.56. The predicted molar refractivity (Wildman–Crippen MR) is 96.1 cm³/mol. The van der Waals surface area contributed by atoms with Gasteiger partial charge in [0.05, 0.1) is 18.4 Å². The van der Waals surface area contributed by atoms with E-state index < -0.39 is 0 Å². The molecule has 0 spiro atoms. The van der Waals surface area contributed by atoms with Crippen molar-refractivity contribution in [3.63, 3.8) is 0 Å². The van der Waals surface area contributed by atoms with Crippen molar-refractivity contribution in [3.05, 3.63) is 78.8 Å². The molecule has 5 heteroatoms. The number of aromatic nitrogens is 4. The van der Waals surface area contributed by atoms with Gasteiger partial charge in [-0.3, -0.25) is 4.98 Å². The fraction of sp³-hybridized carbons (Fsp3) is 0.0500. The molecule has 25 heavy (non-hydrogen) atoms. The van der Waals surface area contributed by atoms with Gasteiger partial charge in [0, 0.05) is 22.5 Å². The SMILES string of the molecule is c1ccc(Cn2cc(-c3cccc4c3oc3ccccc34)nn2)nc1. The summed E-state index contributed by atoms with van der Waals surface area (Å²) in [4.78, 5) is 4.33. The van der Waals surface area contributed by atoms with Crippen molar-refractivity contribution in [2.24, 2.45) is 0 Å². The highest BCUT2D eigenvalue weighted by molar-refractivity contribution is 6.09. The lowest BCUT2D eigenvalue weighted by molar-refractivity contribution is 0.638. The number of nitrogens with zero attached hydrogens (tertiary/aromatic N) is 4. The molecular weight excluding hydrogens is 312 g/mol. The van der Waals surface area contributed by atoms with Gasteiger partial charge in [-0.05, 0) is 24.3 Å². The minimum atomic E-state index is 0.587. The summed E-state index contributed by atoms with van der Waals surface area (Å²) in [6.07, 6.45) is 3.71. The first-order valence-electron chi connectivity index (χ1n) is 8.09. The largest absolute Gasteiger partial charge is 0.455 e. The Labute approximate surface area is 143 Å². The molecule has 0 atom stereocenters. The molecule has 0 saturated carbocycles. The van der Waals surface area contributed by atoms with E-state index in [9.17, 15) is 0 Å². The van der Waals surface area contributed by atoms with E-state index in [0.29, 0.717) is 6.54 Å². The van der Waals surface area contributed by atoms with E-state index in [0.717, 1.165) is 38.9 Å². The van der Waals surface area contributed by atoms with Gasteiger partial charge in [0.1, 0.15) is 16.9 Å². The van der Waals surface area contributed by atoms with Crippen LogP contribution >= 0.6 is 0 Å². The van der Waals surface area contributed by atoms with Crippen LogP contribution in [-0.2, 0) is 6.54 Å². The van der Waals surface area contributed by atoms with Crippen LogP contribution in [0.5, 0.6) is 0 Å². The standard InChI is InChI=1S/C20H14N4O/c1-2-10-19-15(7-1)16-8-5-9-17(20(16)25-19)18-13-24(23-22-18)12-14-6-3-4-11-21-14/h1-11,13H,12H2. The Morgan fingerprint density at radius 3 is 2.68 bits per heavy atom. The normalized spacial score (nSPS) is 11.4. The van der Waals surface area contributed by atoms with E-state index in [1.165, 1.54) is 0 Å². The van der Waals surface area contributed by atoms with E-state index in [4.69, 9.17) is 4.42 Å². The monoisotopic (exact) mass is 326 g/mol. The first-order chi connectivity index (χ1) is 12.4. The Kier molecular flexibility index (Phi) is 3.10. The number of rotatable bonds is 3. The number of pyridine rings is 1. The van der Waals surface area contributed by atoms with E-state index in [1.54, 1.807) is 10.9 Å². The van der Waals surface area contributed by atoms with Crippen LogP contribution in [0.2, 0.25) is 0 Å². The molecule has 0 amide bonds. The second-order valence-electron chi connectivity index (χ2n) is 5.90. The third-order valence-electron chi connectivity index (χ3n) is 4.27. The third kappa shape index (κ3) is 2.37. The molecule has 0 aliphatic carbocycles. The Bertz CT molecular complexity index is 1170. The smallest absolute Gasteiger partial charge is 0.144 e. The molecule has 0 aliphatic rings. The van der Waals surface area contributed by atoms with Gasteiger partial charge in [-0.15, -0.1) is 5.10 Å². The zero-order valence-corrected chi connectivity index (χ0v) is 13.3. The number of benzene rings is 2. The number of furan rings is 1. The fourth-order valence-electron chi connectivity index (χ4n) is 3.11. The van der Waals surface area contributed by atoms with Gasteiger partial charge in [-0.1, -0.05) is 41.6 Å². The first-order valence-corrected chi connectivity index (χ1v) is 8.09. The zero-order valence-electron chi connectivity index (χ0n) is 13.3. The Morgan fingerprint density at radius 1 is 0.880 bits per heavy atom. The van der Waals surface area contributed by atoms with E-state index >= 15 is 0 Å². The molecule has 5 nitrogen and oxygen atoms in total. The van der Waals surface area contributed by atoms with Crippen LogP contribution in [-0.4, -0.2) is 20.0 Å². The molecule has 0 bridgehead atoms. The van der Waals surface area contributed by atoms with Crippen LogP contribution in [0.15, 0.2) is 77.5 Å². The summed E-state index contributed by atoms with van der Waals surface area (Å²) >= 11 is 0. The Balaban J connectivity index is 1.59. The number of fused-ring (bicyclic) bond motifs is 3. The van der Waals surface area contributed by atoms with E-state index in [-0.39, 0.29) is 0 Å². The maximum atomic E-state index is 6.08. The zero-order chi connectivity index (χ0) is 16.6. The van der Waals surface area contributed by atoms with Crippen LogP contribution in [0.3, 0.4) is 0 Å². The quantitative estimate of drug-likeness (QED) is 0.496. The summed E-state index contributed by atoms with van der Waals surface area (Å²) in [6.45, 7) is 0.587. The second-order valence-corrected chi connectivity index (χ2v) is 5.90. The fourth-order valence-corrected chi connectivity index (χ4v) is 3.11. The minimum Gasteiger partial charge on any atom is -0.455 e. The highest BCUT2D eigenvalue weighted by Gasteiger charge is 2.14. The van der Waals surface area contributed by atoms with E-state index in [2.05, 4.69) is 27.4 Å². The van der Waals surface area contributed by atoms with Crippen molar-refractivity contribution in [2.45, 2.75) is 6.54 Å². The lowest BCUT2D eigenvalue weighted by atomic mass is 10.1. The lowest BCUT2D eigenvalue weighted by Gasteiger charge is -1.99. The summed E-state index contributed by atoms with van der Waals surface area (Å²) in [7, 11) is 0. The minimum absolute atomic E-state index is 0.587. The molecule has 3 aromatic heterocycles. The molecule has 0 saturated heterocycles. The van der Waals surface area contributed by atoms with Gasteiger partial charge in [0.15, 0.2) is 0 Å². The molecule has 120 valence electrons. The molecule has 5 rings (SSSR count). The summed E-state index contributed by atoms with van der Waals surface area (Å²) in [5.41, 5.74) is 4.40. The van der Waals surface area contributed by atoms with Gasteiger partial charge in [0.2, 0.25) is 0 Å². The summed E-state index contributed by atoms with van der Waals surface area (Å²) in [5, 5.41) is 10.8. The van der Waals surface area contributed by atoms with Crippen LogP contribution < -0.4 is 0 Å². The lowest BCUT2D eigenvalue weighted by Crippen LogP contribution is -2.01. The van der Waals surface area contributed by atoms with Crippen molar-refractivity contribution >= 4 is 21.9 Å². The molecule has 5 aromatic rings. The molecule has 3 heterocycles. The van der Waals surface area contributed by atoms with Gasteiger partial charge in [0.25, 0.3) is 0 Å². The molecule has 0 aliphatic heterocycles. The molecule has 0 radical (unpaired) electrons. The number of hydrogen-bond donors (Lipinski definition) is 0. The third-order valence-corrected chi connectivity index (χ3v) is 4.27. The topological polar surface area (TPSA) is 56.7 Å². The highest BCUT2D eigenvalue weighted by Crippen LogP contribution is 2.34. The van der Waals surface area contributed by atoms with E-state index in [1.807, 2.05) is 54.7 Å². The first kappa shape index (κ1) is 13.9. The summed E-state index contributed by atoms with van der Waals surface area (Å²) < 4.78 is 7.87. The van der Waals surface area contributed by atoms with Gasteiger partial charge in [-0.25, -0.2) is 4.68 Å². The van der Waals surface area contributed by atoms with Crippen molar-refractivity contribution in [3.8, 4) is 11.3 Å². The average Bonchev–Trinajstić information content (AvgIpc) is 3.27. The summed E-state index contributed by atoms with van der Waals surface area (Å²) in [5.74, 6) is 0. The molecule has 0 fully saturated rings. The maximum absolute atomic E-state index is 6.08. The van der Waals surface area contributed by atoms with Gasteiger partial charge >= 0.3 is 0 Å². The highest BCUT2D eigenvalue weighted by atomic mass is 16.3. The van der Waals surface area contributed by atoms with Crippen molar-refractivity contribution in [2.75, 3.05) is 0 Å². The van der Waals surface area contributed by atoms with Gasteiger partial charge < -0.3 is 4.42 Å².